The lowest BCUT2D eigenvalue weighted by Gasteiger charge is -2.01. The van der Waals surface area contributed by atoms with Crippen LogP contribution in [0.15, 0.2) is 24.7 Å². The molecular weight excluding hydrogens is 222 g/mol. The van der Waals surface area contributed by atoms with Crippen LogP contribution in [0.3, 0.4) is 0 Å². The SMILES string of the molecule is Nc1nc(C(=O)O)c2cnc3ccncc3n12. The summed E-state index contributed by atoms with van der Waals surface area (Å²) >= 11 is 0. The predicted molar refractivity (Wildman–Crippen MR) is 59.7 cm³/mol. The number of anilines is 1. The molecule has 0 spiro atoms. The zero-order chi connectivity index (χ0) is 12.0. The molecule has 3 N–H and O–H groups in total. The van der Waals surface area contributed by atoms with Gasteiger partial charge in [-0.1, -0.05) is 0 Å². The summed E-state index contributed by atoms with van der Waals surface area (Å²) < 4.78 is 1.53. The smallest absolute Gasteiger partial charge is 0.356 e. The van der Waals surface area contributed by atoms with Gasteiger partial charge in [0, 0.05) is 6.20 Å². The Hall–Kier alpha value is -2.70. The lowest BCUT2D eigenvalue weighted by Crippen LogP contribution is -1.98. The summed E-state index contributed by atoms with van der Waals surface area (Å²) in [5, 5.41) is 8.99. The average molecular weight is 229 g/mol. The molecule has 7 heteroatoms. The average Bonchev–Trinajstić information content (AvgIpc) is 2.67. The van der Waals surface area contributed by atoms with Gasteiger partial charge in [-0.3, -0.25) is 14.4 Å². The number of aromatic carboxylic acids is 1. The number of rotatable bonds is 1. The summed E-state index contributed by atoms with van der Waals surface area (Å²) in [6, 6.07) is 1.72. The Bertz CT molecular complexity index is 749. The van der Waals surface area contributed by atoms with Crippen molar-refractivity contribution >= 4 is 28.5 Å². The van der Waals surface area contributed by atoms with Gasteiger partial charge in [-0.15, -0.1) is 0 Å². The molecule has 0 aliphatic carbocycles. The largest absolute Gasteiger partial charge is 0.476 e. The molecule has 0 aliphatic rings. The lowest BCUT2D eigenvalue weighted by atomic mass is 10.3. The minimum atomic E-state index is -1.13. The molecule has 0 fully saturated rings. The maximum absolute atomic E-state index is 11.0. The highest BCUT2D eigenvalue weighted by atomic mass is 16.4. The first kappa shape index (κ1) is 9.52. The van der Waals surface area contributed by atoms with E-state index in [9.17, 15) is 4.79 Å². The van der Waals surface area contributed by atoms with Gasteiger partial charge >= 0.3 is 5.97 Å². The molecule has 0 atom stereocenters. The first-order chi connectivity index (χ1) is 8.18. The fourth-order valence-corrected chi connectivity index (χ4v) is 1.77. The van der Waals surface area contributed by atoms with Crippen molar-refractivity contribution in [1.82, 2.24) is 19.4 Å². The van der Waals surface area contributed by atoms with Crippen LogP contribution < -0.4 is 5.73 Å². The van der Waals surface area contributed by atoms with E-state index < -0.39 is 5.97 Å². The van der Waals surface area contributed by atoms with Crippen molar-refractivity contribution in [1.29, 1.82) is 0 Å². The van der Waals surface area contributed by atoms with Crippen LogP contribution in [0.5, 0.6) is 0 Å². The first-order valence-electron chi connectivity index (χ1n) is 4.78. The molecule has 0 bridgehead atoms. The van der Waals surface area contributed by atoms with Gasteiger partial charge in [0.15, 0.2) is 5.69 Å². The molecule has 3 heterocycles. The molecular formula is C10H7N5O2. The zero-order valence-corrected chi connectivity index (χ0v) is 8.53. The van der Waals surface area contributed by atoms with Crippen molar-refractivity contribution in [3.63, 3.8) is 0 Å². The second-order valence-electron chi connectivity index (χ2n) is 3.47. The number of carboxylic acid groups (broad SMARTS) is 1. The van der Waals surface area contributed by atoms with Crippen molar-refractivity contribution in [3.05, 3.63) is 30.4 Å². The molecule has 0 saturated heterocycles. The molecule has 7 nitrogen and oxygen atoms in total. The Morgan fingerprint density at radius 2 is 2.18 bits per heavy atom. The fraction of sp³-hybridized carbons (Fsp3) is 0. The van der Waals surface area contributed by atoms with Crippen LogP contribution in [0.25, 0.3) is 16.6 Å². The number of nitrogens with two attached hydrogens (primary N) is 1. The van der Waals surface area contributed by atoms with E-state index in [4.69, 9.17) is 10.8 Å². The second-order valence-corrected chi connectivity index (χ2v) is 3.47. The van der Waals surface area contributed by atoms with E-state index in [0.29, 0.717) is 16.6 Å². The Kier molecular flexibility index (Phi) is 1.76. The zero-order valence-electron chi connectivity index (χ0n) is 8.53. The van der Waals surface area contributed by atoms with E-state index in [0.717, 1.165) is 0 Å². The highest BCUT2D eigenvalue weighted by Gasteiger charge is 2.17. The molecule has 84 valence electrons. The normalized spacial score (nSPS) is 11.1. The molecule has 17 heavy (non-hydrogen) atoms. The first-order valence-corrected chi connectivity index (χ1v) is 4.78. The number of carbonyl (C=O) groups is 1. The highest BCUT2D eigenvalue weighted by molar-refractivity contribution is 5.96. The molecule has 0 radical (unpaired) electrons. The molecule has 0 aliphatic heterocycles. The van der Waals surface area contributed by atoms with Gasteiger partial charge in [0.2, 0.25) is 5.95 Å². The number of nitrogens with zero attached hydrogens (tertiary/aromatic N) is 4. The Balaban J connectivity index is 2.55. The van der Waals surface area contributed by atoms with Crippen LogP contribution in [0.4, 0.5) is 5.95 Å². The second kappa shape index (κ2) is 3.14. The third-order valence-electron chi connectivity index (χ3n) is 2.49. The van der Waals surface area contributed by atoms with E-state index in [-0.39, 0.29) is 11.6 Å². The fourth-order valence-electron chi connectivity index (χ4n) is 1.77. The van der Waals surface area contributed by atoms with Gasteiger partial charge in [0.25, 0.3) is 0 Å². The van der Waals surface area contributed by atoms with Crippen molar-refractivity contribution in [2.75, 3.05) is 5.73 Å². The van der Waals surface area contributed by atoms with E-state index in [1.807, 2.05) is 0 Å². The Labute approximate surface area is 94.6 Å². The highest BCUT2D eigenvalue weighted by Crippen LogP contribution is 2.20. The van der Waals surface area contributed by atoms with E-state index in [2.05, 4.69) is 15.0 Å². The third-order valence-corrected chi connectivity index (χ3v) is 2.49. The maximum Gasteiger partial charge on any atom is 0.356 e. The van der Waals surface area contributed by atoms with Gasteiger partial charge in [-0.2, -0.15) is 0 Å². The predicted octanol–water partition coefficient (Wildman–Crippen LogP) is 0.558. The van der Waals surface area contributed by atoms with Crippen LogP contribution in [0.1, 0.15) is 10.5 Å². The number of imidazole rings is 1. The van der Waals surface area contributed by atoms with Gasteiger partial charge in [-0.05, 0) is 6.07 Å². The molecule has 0 aromatic carbocycles. The summed E-state index contributed by atoms with van der Waals surface area (Å²) in [6.45, 7) is 0. The van der Waals surface area contributed by atoms with E-state index in [1.54, 1.807) is 18.5 Å². The summed E-state index contributed by atoms with van der Waals surface area (Å²) in [7, 11) is 0. The summed E-state index contributed by atoms with van der Waals surface area (Å²) in [5.74, 6) is -1.03. The number of hydrogen-bond donors (Lipinski definition) is 2. The topological polar surface area (TPSA) is 106 Å². The molecule has 3 aromatic rings. The van der Waals surface area contributed by atoms with Crippen molar-refractivity contribution in [2.45, 2.75) is 0 Å². The monoisotopic (exact) mass is 229 g/mol. The van der Waals surface area contributed by atoms with Crippen molar-refractivity contribution in [2.24, 2.45) is 0 Å². The number of nitrogen functional groups attached to an aromatic ring is 1. The third kappa shape index (κ3) is 1.22. The van der Waals surface area contributed by atoms with Gasteiger partial charge in [-0.25, -0.2) is 9.78 Å². The van der Waals surface area contributed by atoms with Crippen molar-refractivity contribution in [3.8, 4) is 0 Å². The summed E-state index contributed by atoms with van der Waals surface area (Å²) in [5.41, 5.74) is 7.26. The van der Waals surface area contributed by atoms with Crippen LogP contribution in [0, 0.1) is 0 Å². The minimum Gasteiger partial charge on any atom is -0.476 e. The molecule has 3 aromatic heterocycles. The maximum atomic E-state index is 11.0. The van der Waals surface area contributed by atoms with Crippen LogP contribution in [-0.2, 0) is 0 Å². The lowest BCUT2D eigenvalue weighted by molar-refractivity contribution is 0.0693. The molecule has 3 rings (SSSR count). The Morgan fingerprint density at radius 3 is 2.94 bits per heavy atom. The van der Waals surface area contributed by atoms with E-state index in [1.165, 1.54) is 10.6 Å². The van der Waals surface area contributed by atoms with E-state index >= 15 is 0 Å². The van der Waals surface area contributed by atoms with Crippen LogP contribution in [-0.4, -0.2) is 30.4 Å². The van der Waals surface area contributed by atoms with Crippen molar-refractivity contribution < 1.29 is 9.90 Å². The molecule has 0 saturated carbocycles. The number of hydrogen-bond acceptors (Lipinski definition) is 5. The van der Waals surface area contributed by atoms with Gasteiger partial charge in [0.05, 0.1) is 23.4 Å². The number of fused-ring (bicyclic) bond motifs is 3. The quantitative estimate of drug-likeness (QED) is 0.631. The minimum absolute atomic E-state index is 0.109. The summed E-state index contributed by atoms with van der Waals surface area (Å²) in [6.07, 6.45) is 4.61. The molecule has 0 amide bonds. The molecule has 0 unspecified atom stereocenters. The van der Waals surface area contributed by atoms with Gasteiger partial charge in [0.1, 0.15) is 5.52 Å². The number of carboxylic acids is 1. The van der Waals surface area contributed by atoms with Crippen LogP contribution in [0.2, 0.25) is 0 Å². The Morgan fingerprint density at radius 1 is 1.35 bits per heavy atom. The summed E-state index contributed by atoms with van der Waals surface area (Å²) in [4.78, 5) is 22.9. The van der Waals surface area contributed by atoms with Gasteiger partial charge < -0.3 is 10.8 Å². The van der Waals surface area contributed by atoms with Crippen LogP contribution >= 0.6 is 0 Å². The number of aromatic nitrogens is 4. The number of pyridine rings is 1. The standard InChI is InChI=1S/C10H7N5O2/c11-10-14-8(9(16)17)7-4-13-5-1-2-12-3-6(5)15(7)10/h1-4H,(H2,11,14)(H,16,17).